The molecule has 1 aliphatic carbocycles. The third-order valence-electron chi connectivity index (χ3n) is 2.32. The van der Waals surface area contributed by atoms with Gasteiger partial charge in [-0.05, 0) is 26.2 Å². The summed E-state index contributed by atoms with van der Waals surface area (Å²) >= 11 is 0. The molecule has 0 bridgehead atoms. The summed E-state index contributed by atoms with van der Waals surface area (Å²) in [5, 5.41) is 9.76. The predicted molar refractivity (Wildman–Crippen MR) is 43.4 cm³/mol. The van der Waals surface area contributed by atoms with E-state index in [1.807, 2.05) is 0 Å². The van der Waals surface area contributed by atoms with Gasteiger partial charge in [0.2, 0.25) is 0 Å². The van der Waals surface area contributed by atoms with E-state index in [1.54, 1.807) is 6.92 Å². The average molecular weight is 173 g/mol. The van der Waals surface area contributed by atoms with Gasteiger partial charge in [-0.25, -0.2) is 4.79 Å². The van der Waals surface area contributed by atoms with Gasteiger partial charge in [0.15, 0.2) is 5.60 Å². The Labute approximate surface area is 71.7 Å². The molecule has 2 unspecified atom stereocenters. The first kappa shape index (κ1) is 9.48. The van der Waals surface area contributed by atoms with Gasteiger partial charge in [0.1, 0.15) is 0 Å². The maximum atomic E-state index is 11.2. The monoisotopic (exact) mass is 173 g/mol. The highest BCUT2D eigenvalue weighted by Crippen LogP contribution is 2.29. The van der Waals surface area contributed by atoms with E-state index >= 15 is 0 Å². The maximum Gasteiger partial charge on any atom is 0.339 e. The van der Waals surface area contributed by atoms with E-state index in [1.165, 1.54) is 0 Å². The minimum atomic E-state index is -1.42. The first-order chi connectivity index (χ1) is 5.61. The number of ether oxygens (including phenoxy) is 1. The second-order valence-corrected chi connectivity index (χ2v) is 3.14. The summed E-state index contributed by atoms with van der Waals surface area (Å²) in [4.78, 5) is 11.2. The topological polar surface area (TPSA) is 72.5 Å². The number of carbonyl (C=O) groups excluding carboxylic acids is 1. The minimum absolute atomic E-state index is 0.286. The quantitative estimate of drug-likeness (QED) is 0.567. The molecular weight excluding hydrogens is 158 g/mol. The van der Waals surface area contributed by atoms with Crippen LogP contribution in [0.3, 0.4) is 0 Å². The summed E-state index contributed by atoms with van der Waals surface area (Å²) in [5.41, 5.74) is 4.17. The van der Waals surface area contributed by atoms with Crippen molar-refractivity contribution >= 4 is 5.97 Å². The van der Waals surface area contributed by atoms with Crippen molar-refractivity contribution in [2.75, 3.05) is 6.61 Å². The molecule has 1 saturated carbocycles. The summed E-state index contributed by atoms with van der Waals surface area (Å²) in [5.74, 6) is -0.574. The Hall–Kier alpha value is -0.610. The van der Waals surface area contributed by atoms with Gasteiger partial charge in [-0.3, -0.25) is 0 Å². The Morgan fingerprint density at radius 1 is 1.83 bits per heavy atom. The van der Waals surface area contributed by atoms with Crippen LogP contribution in [0, 0.1) is 0 Å². The predicted octanol–water partition coefficient (Wildman–Crippen LogP) is -0.208. The van der Waals surface area contributed by atoms with Crippen LogP contribution in [-0.4, -0.2) is 29.3 Å². The summed E-state index contributed by atoms with van der Waals surface area (Å²) in [6.45, 7) is 2.00. The molecule has 1 aliphatic rings. The molecular formula is C8H15NO3. The molecule has 0 aliphatic heterocycles. The zero-order valence-corrected chi connectivity index (χ0v) is 7.25. The van der Waals surface area contributed by atoms with Crippen LogP contribution in [0.5, 0.6) is 0 Å². The van der Waals surface area contributed by atoms with Gasteiger partial charge in [0.25, 0.3) is 0 Å². The second-order valence-electron chi connectivity index (χ2n) is 3.14. The molecule has 0 heterocycles. The van der Waals surface area contributed by atoms with Crippen molar-refractivity contribution in [2.24, 2.45) is 5.73 Å². The lowest BCUT2D eigenvalue weighted by Gasteiger charge is -2.24. The minimum Gasteiger partial charge on any atom is -0.464 e. The summed E-state index contributed by atoms with van der Waals surface area (Å²) < 4.78 is 4.73. The molecule has 70 valence electrons. The first-order valence-corrected chi connectivity index (χ1v) is 4.26. The van der Waals surface area contributed by atoms with Crippen LogP contribution in [0.1, 0.15) is 26.2 Å². The number of hydrogen-bond donors (Lipinski definition) is 2. The molecule has 1 fully saturated rings. The number of rotatable bonds is 2. The van der Waals surface area contributed by atoms with Gasteiger partial charge < -0.3 is 15.6 Å². The van der Waals surface area contributed by atoms with E-state index in [-0.39, 0.29) is 6.61 Å². The zero-order valence-electron chi connectivity index (χ0n) is 7.25. The van der Waals surface area contributed by atoms with Crippen LogP contribution in [0.15, 0.2) is 0 Å². The Morgan fingerprint density at radius 2 is 2.50 bits per heavy atom. The Balaban J connectivity index is 2.63. The zero-order chi connectivity index (χ0) is 9.19. The molecule has 12 heavy (non-hydrogen) atoms. The fourth-order valence-electron chi connectivity index (χ4n) is 1.53. The molecule has 0 aromatic carbocycles. The van der Waals surface area contributed by atoms with Crippen molar-refractivity contribution in [1.82, 2.24) is 0 Å². The van der Waals surface area contributed by atoms with Gasteiger partial charge in [-0.15, -0.1) is 0 Å². The first-order valence-electron chi connectivity index (χ1n) is 4.26. The van der Waals surface area contributed by atoms with Gasteiger partial charge in [0.05, 0.1) is 6.61 Å². The summed E-state index contributed by atoms with van der Waals surface area (Å²) in [7, 11) is 0. The third-order valence-corrected chi connectivity index (χ3v) is 2.32. The number of carbonyl (C=O) groups is 1. The Morgan fingerprint density at radius 3 is 2.92 bits per heavy atom. The standard InChI is InChI=1S/C8H15NO3/c1-2-12-7(10)8(11)5-3-4-6(8)9/h6,11H,2-5,9H2,1H3. The van der Waals surface area contributed by atoms with Gasteiger partial charge in [-0.2, -0.15) is 0 Å². The van der Waals surface area contributed by atoms with Crippen molar-refractivity contribution in [3.8, 4) is 0 Å². The largest absolute Gasteiger partial charge is 0.464 e. The maximum absolute atomic E-state index is 11.2. The highest BCUT2D eigenvalue weighted by Gasteiger charge is 2.46. The highest BCUT2D eigenvalue weighted by atomic mass is 16.5. The average Bonchev–Trinajstić information content (AvgIpc) is 2.34. The Bertz CT molecular complexity index is 183. The lowest BCUT2D eigenvalue weighted by molar-refractivity contribution is -0.165. The normalized spacial score (nSPS) is 35.1. The molecule has 1 rings (SSSR count). The second kappa shape index (κ2) is 3.41. The van der Waals surface area contributed by atoms with Crippen molar-refractivity contribution < 1.29 is 14.6 Å². The molecule has 0 aromatic rings. The van der Waals surface area contributed by atoms with Crippen molar-refractivity contribution in [1.29, 1.82) is 0 Å². The lowest BCUT2D eigenvalue weighted by atomic mass is 9.99. The van der Waals surface area contributed by atoms with Crippen LogP contribution in [0.25, 0.3) is 0 Å². The van der Waals surface area contributed by atoms with Gasteiger partial charge >= 0.3 is 5.97 Å². The molecule has 2 atom stereocenters. The molecule has 0 radical (unpaired) electrons. The van der Waals surface area contributed by atoms with E-state index < -0.39 is 17.6 Å². The molecule has 0 amide bonds. The van der Waals surface area contributed by atoms with Crippen molar-refractivity contribution in [2.45, 2.75) is 37.8 Å². The SMILES string of the molecule is CCOC(=O)C1(O)CCCC1N. The number of hydrogen-bond acceptors (Lipinski definition) is 4. The summed E-state index contributed by atoms with van der Waals surface area (Å²) in [6.07, 6.45) is 1.90. The lowest BCUT2D eigenvalue weighted by Crippen LogP contribution is -2.50. The van der Waals surface area contributed by atoms with Crippen LogP contribution < -0.4 is 5.73 Å². The van der Waals surface area contributed by atoms with E-state index in [9.17, 15) is 9.90 Å². The smallest absolute Gasteiger partial charge is 0.339 e. The van der Waals surface area contributed by atoms with Gasteiger partial charge in [-0.1, -0.05) is 0 Å². The van der Waals surface area contributed by atoms with Crippen molar-refractivity contribution in [3.63, 3.8) is 0 Å². The van der Waals surface area contributed by atoms with Crippen LogP contribution >= 0.6 is 0 Å². The molecule has 4 heteroatoms. The van der Waals surface area contributed by atoms with Crippen LogP contribution in [0.4, 0.5) is 0 Å². The molecule has 4 nitrogen and oxygen atoms in total. The van der Waals surface area contributed by atoms with Crippen LogP contribution in [-0.2, 0) is 9.53 Å². The Kier molecular flexibility index (Phi) is 2.69. The number of esters is 1. The van der Waals surface area contributed by atoms with Crippen LogP contribution in [0.2, 0.25) is 0 Å². The third kappa shape index (κ3) is 1.44. The number of aliphatic hydroxyl groups is 1. The molecule has 3 N–H and O–H groups in total. The van der Waals surface area contributed by atoms with Crippen molar-refractivity contribution in [3.05, 3.63) is 0 Å². The molecule has 0 spiro atoms. The fourth-order valence-corrected chi connectivity index (χ4v) is 1.53. The van der Waals surface area contributed by atoms with E-state index in [0.29, 0.717) is 12.8 Å². The molecule has 0 aromatic heterocycles. The molecule has 0 saturated heterocycles. The number of nitrogens with two attached hydrogens (primary N) is 1. The van der Waals surface area contributed by atoms with E-state index in [4.69, 9.17) is 10.5 Å². The van der Waals surface area contributed by atoms with E-state index in [2.05, 4.69) is 0 Å². The highest BCUT2D eigenvalue weighted by molar-refractivity contribution is 5.80. The fraction of sp³-hybridized carbons (Fsp3) is 0.875. The summed E-state index contributed by atoms with van der Waals surface area (Å²) in [6, 6.07) is -0.462. The van der Waals surface area contributed by atoms with Gasteiger partial charge in [0, 0.05) is 6.04 Å². The van der Waals surface area contributed by atoms with E-state index in [0.717, 1.165) is 6.42 Å².